The number of likely N-dealkylation sites (N-methyl/N-ethyl adjacent to an activating group) is 1. The molecule has 1 unspecified atom stereocenters. The van der Waals surface area contributed by atoms with E-state index in [1.165, 1.54) is 0 Å². The normalized spacial score (nSPS) is 28.1. The first-order valence-corrected chi connectivity index (χ1v) is 7.09. The van der Waals surface area contributed by atoms with Crippen LogP contribution in [0.3, 0.4) is 0 Å². The molecule has 0 radical (unpaired) electrons. The van der Waals surface area contributed by atoms with Crippen molar-refractivity contribution in [1.82, 2.24) is 20.2 Å². The molecule has 0 saturated carbocycles. The van der Waals surface area contributed by atoms with Gasteiger partial charge in [-0.05, 0) is 19.9 Å². The van der Waals surface area contributed by atoms with Crippen LogP contribution in [0.1, 0.15) is 26.7 Å². The molecule has 104 valence electrons. The Morgan fingerprint density at radius 2 is 1.83 bits per heavy atom. The summed E-state index contributed by atoms with van der Waals surface area (Å²) in [5.74, 6) is 0.263. The second-order valence-electron chi connectivity index (χ2n) is 5.73. The van der Waals surface area contributed by atoms with E-state index in [9.17, 15) is 4.79 Å². The summed E-state index contributed by atoms with van der Waals surface area (Å²) in [5, 5.41) is 7.60. The Kier molecular flexibility index (Phi) is 4.59. The molecule has 2 saturated heterocycles. The fourth-order valence-electron chi connectivity index (χ4n) is 2.73. The fourth-order valence-corrected chi connectivity index (χ4v) is 2.73. The van der Waals surface area contributed by atoms with Crippen molar-refractivity contribution in [3.05, 3.63) is 0 Å². The first-order chi connectivity index (χ1) is 8.58. The molecule has 1 amide bonds. The SMILES string of the molecule is CC(C)NC1CCCN(N2CCN(C)CC2)C1=O. The Bertz CT molecular complexity index is 287. The van der Waals surface area contributed by atoms with E-state index in [0.717, 1.165) is 45.6 Å². The molecule has 18 heavy (non-hydrogen) atoms. The number of nitrogens with one attached hydrogen (secondary N) is 1. The van der Waals surface area contributed by atoms with Crippen molar-refractivity contribution >= 4 is 5.91 Å². The van der Waals surface area contributed by atoms with Crippen LogP contribution in [0.5, 0.6) is 0 Å². The first kappa shape index (κ1) is 13.8. The van der Waals surface area contributed by atoms with Crippen molar-refractivity contribution in [2.24, 2.45) is 0 Å². The lowest BCUT2D eigenvalue weighted by atomic mass is 10.1. The predicted octanol–water partition coefficient (Wildman–Crippen LogP) is 0.138. The maximum Gasteiger partial charge on any atom is 0.253 e. The molecule has 2 aliphatic heterocycles. The third-order valence-electron chi connectivity index (χ3n) is 3.77. The summed E-state index contributed by atoms with van der Waals surface area (Å²) in [6.45, 7) is 9.12. The summed E-state index contributed by atoms with van der Waals surface area (Å²) >= 11 is 0. The number of carbonyl (C=O) groups excluding carboxylic acids is 1. The number of hydrazine groups is 1. The van der Waals surface area contributed by atoms with Crippen LogP contribution in [-0.2, 0) is 4.79 Å². The molecule has 0 aromatic heterocycles. The van der Waals surface area contributed by atoms with Crippen LogP contribution in [0, 0.1) is 0 Å². The van der Waals surface area contributed by atoms with E-state index in [0.29, 0.717) is 6.04 Å². The van der Waals surface area contributed by atoms with E-state index in [2.05, 4.69) is 36.1 Å². The Hall–Kier alpha value is -0.650. The standard InChI is InChI=1S/C13H26N4O/c1-11(2)14-12-5-4-6-17(13(12)18)16-9-7-15(3)8-10-16/h11-12,14H,4-10H2,1-3H3. The molecule has 0 spiro atoms. The van der Waals surface area contributed by atoms with Crippen LogP contribution in [-0.4, -0.2) is 72.7 Å². The van der Waals surface area contributed by atoms with Crippen molar-refractivity contribution in [3.8, 4) is 0 Å². The zero-order valence-corrected chi connectivity index (χ0v) is 11.9. The minimum absolute atomic E-state index is 0.0124. The summed E-state index contributed by atoms with van der Waals surface area (Å²) in [6, 6.07) is 0.379. The lowest BCUT2D eigenvalue weighted by Gasteiger charge is -2.43. The quantitative estimate of drug-likeness (QED) is 0.777. The Labute approximate surface area is 110 Å². The Balaban J connectivity index is 1.93. The van der Waals surface area contributed by atoms with Gasteiger partial charge in [0.25, 0.3) is 5.91 Å². The van der Waals surface area contributed by atoms with Gasteiger partial charge in [0.15, 0.2) is 0 Å². The van der Waals surface area contributed by atoms with Gasteiger partial charge >= 0.3 is 0 Å². The smallest absolute Gasteiger partial charge is 0.253 e. The highest BCUT2D eigenvalue weighted by molar-refractivity contribution is 5.82. The average molecular weight is 254 g/mol. The van der Waals surface area contributed by atoms with Gasteiger partial charge < -0.3 is 10.2 Å². The molecule has 0 aromatic rings. The zero-order valence-electron chi connectivity index (χ0n) is 11.9. The Morgan fingerprint density at radius 1 is 1.17 bits per heavy atom. The van der Waals surface area contributed by atoms with Gasteiger partial charge in [-0.25, -0.2) is 5.01 Å². The number of carbonyl (C=O) groups is 1. The van der Waals surface area contributed by atoms with Gasteiger partial charge in [0.05, 0.1) is 6.04 Å². The number of piperazine rings is 1. The van der Waals surface area contributed by atoms with Crippen LogP contribution in [0.2, 0.25) is 0 Å². The number of amides is 1. The first-order valence-electron chi connectivity index (χ1n) is 7.09. The van der Waals surface area contributed by atoms with Crippen molar-refractivity contribution in [2.45, 2.75) is 38.8 Å². The lowest BCUT2D eigenvalue weighted by molar-refractivity contribution is -0.159. The molecule has 2 heterocycles. The molecule has 2 rings (SSSR count). The molecular weight excluding hydrogens is 228 g/mol. The van der Waals surface area contributed by atoms with E-state index in [-0.39, 0.29) is 11.9 Å². The number of hydrogen-bond donors (Lipinski definition) is 1. The van der Waals surface area contributed by atoms with Gasteiger partial charge in [-0.2, -0.15) is 0 Å². The third-order valence-corrected chi connectivity index (χ3v) is 3.77. The van der Waals surface area contributed by atoms with E-state index in [1.54, 1.807) is 0 Å². The average Bonchev–Trinajstić information content (AvgIpc) is 2.33. The fraction of sp³-hybridized carbons (Fsp3) is 0.923. The van der Waals surface area contributed by atoms with E-state index in [4.69, 9.17) is 0 Å². The summed E-state index contributed by atoms with van der Waals surface area (Å²) in [4.78, 5) is 14.8. The van der Waals surface area contributed by atoms with E-state index in [1.807, 2.05) is 5.01 Å². The molecule has 2 fully saturated rings. The summed E-state index contributed by atoms with van der Waals surface area (Å²) < 4.78 is 0. The maximum absolute atomic E-state index is 12.4. The topological polar surface area (TPSA) is 38.8 Å². The summed E-state index contributed by atoms with van der Waals surface area (Å²) in [5.41, 5.74) is 0. The summed E-state index contributed by atoms with van der Waals surface area (Å²) in [7, 11) is 2.14. The van der Waals surface area contributed by atoms with Crippen LogP contribution in [0.4, 0.5) is 0 Å². The molecule has 1 atom stereocenters. The molecule has 5 heteroatoms. The van der Waals surface area contributed by atoms with Crippen LogP contribution in [0.15, 0.2) is 0 Å². The highest BCUT2D eigenvalue weighted by Gasteiger charge is 2.33. The predicted molar refractivity (Wildman–Crippen MR) is 72.1 cm³/mol. The van der Waals surface area contributed by atoms with Gasteiger partial charge in [-0.15, -0.1) is 0 Å². The van der Waals surface area contributed by atoms with Gasteiger partial charge in [0.2, 0.25) is 0 Å². The molecule has 2 aliphatic rings. The largest absolute Gasteiger partial charge is 0.304 e. The molecule has 0 aliphatic carbocycles. The van der Waals surface area contributed by atoms with Gasteiger partial charge in [0, 0.05) is 38.8 Å². The minimum atomic E-state index is 0.0124. The van der Waals surface area contributed by atoms with E-state index < -0.39 is 0 Å². The lowest BCUT2D eigenvalue weighted by Crippen LogP contribution is -2.61. The molecule has 0 bridgehead atoms. The minimum Gasteiger partial charge on any atom is -0.304 e. The van der Waals surface area contributed by atoms with Crippen molar-refractivity contribution < 1.29 is 4.79 Å². The van der Waals surface area contributed by atoms with Crippen LogP contribution < -0.4 is 5.32 Å². The molecule has 0 aromatic carbocycles. The van der Waals surface area contributed by atoms with Crippen LogP contribution >= 0.6 is 0 Å². The van der Waals surface area contributed by atoms with Gasteiger partial charge in [-0.1, -0.05) is 13.8 Å². The molecule has 5 nitrogen and oxygen atoms in total. The Morgan fingerprint density at radius 3 is 2.44 bits per heavy atom. The molecular formula is C13H26N4O. The van der Waals surface area contributed by atoms with Crippen molar-refractivity contribution in [2.75, 3.05) is 39.8 Å². The number of nitrogens with zero attached hydrogens (tertiary/aromatic N) is 3. The van der Waals surface area contributed by atoms with Crippen LogP contribution in [0.25, 0.3) is 0 Å². The van der Waals surface area contributed by atoms with Gasteiger partial charge in [0.1, 0.15) is 0 Å². The van der Waals surface area contributed by atoms with Crippen molar-refractivity contribution in [1.29, 1.82) is 0 Å². The summed E-state index contributed by atoms with van der Waals surface area (Å²) in [6.07, 6.45) is 2.07. The number of rotatable bonds is 3. The zero-order chi connectivity index (χ0) is 13.1. The number of hydrogen-bond acceptors (Lipinski definition) is 4. The number of piperidine rings is 1. The van der Waals surface area contributed by atoms with Crippen molar-refractivity contribution in [3.63, 3.8) is 0 Å². The second-order valence-corrected chi connectivity index (χ2v) is 5.73. The van der Waals surface area contributed by atoms with Gasteiger partial charge in [-0.3, -0.25) is 9.80 Å². The second kappa shape index (κ2) is 5.99. The monoisotopic (exact) mass is 254 g/mol. The molecule has 1 N–H and O–H groups in total. The third kappa shape index (κ3) is 3.22. The van der Waals surface area contributed by atoms with E-state index >= 15 is 0 Å². The highest BCUT2D eigenvalue weighted by Crippen LogP contribution is 2.16. The highest BCUT2D eigenvalue weighted by atomic mass is 16.2. The maximum atomic E-state index is 12.4.